The lowest BCUT2D eigenvalue weighted by molar-refractivity contribution is -0.142. The number of carbonyl (C=O) groups excluding carboxylic acids is 2. The minimum atomic E-state index is -1.17. The summed E-state index contributed by atoms with van der Waals surface area (Å²) in [5, 5.41) is 25.1. The number of hydrogen-bond acceptors (Lipinski definition) is 4. The summed E-state index contributed by atoms with van der Waals surface area (Å²) < 4.78 is 0. The molecule has 156 valence electrons. The number of aromatic nitrogens is 1. The normalized spacial score (nSPS) is 12.7. The first-order valence-corrected chi connectivity index (χ1v) is 9.21. The quantitative estimate of drug-likeness (QED) is 0.168. The summed E-state index contributed by atoms with van der Waals surface area (Å²) in [6, 6.07) is 5.55. The lowest BCUT2D eigenvalue weighted by Crippen LogP contribution is -2.52. The van der Waals surface area contributed by atoms with E-state index >= 15 is 0 Å². The molecule has 1 heterocycles. The van der Waals surface area contributed by atoms with Gasteiger partial charge in [-0.15, -0.1) is 0 Å². The maximum absolute atomic E-state index is 12.7. The van der Waals surface area contributed by atoms with E-state index in [9.17, 15) is 19.5 Å². The molecule has 10 heteroatoms. The van der Waals surface area contributed by atoms with Gasteiger partial charge in [0.05, 0.1) is 0 Å². The molecule has 0 saturated carbocycles. The molecule has 0 aliphatic heterocycles. The van der Waals surface area contributed by atoms with Gasteiger partial charge in [0.1, 0.15) is 12.1 Å². The second-order valence-electron chi connectivity index (χ2n) is 6.70. The van der Waals surface area contributed by atoms with Crippen LogP contribution < -0.4 is 21.7 Å². The van der Waals surface area contributed by atoms with Crippen LogP contribution in [0.25, 0.3) is 10.9 Å². The number of carbonyl (C=O) groups is 3. The molecule has 8 N–H and O–H groups in total. The van der Waals surface area contributed by atoms with Gasteiger partial charge < -0.3 is 31.8 Å². The summed E-state index contributed by atoms with van der Waals surface area (Å²) >= 11 is 0. The van der Waals surface area contributed by atoms with Crippen LogP contribution in [0.5, 0.6) is 0 Å². The Bertz CT molecular complexity index is 894. The number of benzene rings is 1. The van der Waals surface area contributed by atoms with Crippen molar-refractivity contribution in [1.29, 1.82) is 5.41 Å². The lowest BCUT2D eigenvalue weighted by atomic mass is 10.0. The average Bonchev–Trinajstić information content (AvgIpc) is 3.06. The average molecular weight is 402 g/mol. The molecular weight excluding hydrogens is 376 g/mol. The van der Waals surface area contributed by atoms with Crippen LogP contribution in [-0.2, 0) is 20.8 Å². The van der Waals surface area contributed by atoms with Gasteiger partial charge in [0, 0.05) is 37.0 Å². The fraction of sp³-hybridized carbons (Fsp3) is 0.368. The number of carboxylic acids is 1. The first-order valence-electron chi connectivity index (χ1n) is 9.21. The van der Waals surface area contributed by atoms with Crippen molar-refractivity contribution < 1.29 is 19.5 Å². The van der Waals surface area contributed by atoms with Crippen LogP contribution in [0.15, 0.2) is 30.5 Å². The largest absolute Gasteiger partial charge is 0.480 e. The van der Waals surface area contributed by atoms with Crippen molar-refractivity contribution >= 4 is 34.6 Å². The van der Waals surface area contributed by atoms with E-state index < -0.39 is 24.0 Å². The Hall–Kier alpha value is -3.56. The minimum absolute atomic E-state index is 0.154. The molecule has 0 saturated heterocycles. The molecule has 2 atom stereocenters. The van der Waals surface area contributed by atoms with E-state index in [1.165, 1.54) is 6.92 Å². The van der Waals surface area contributed by atoms with Gasteiger partial charge >= 0.3 is 5.97 Å². The first kappa shape index (κ1) is 21.7. The SMILES string of the molecule is CC(=O)N[C@@H](Cc1c[nH]c2ccccc12)C(=O)N[C@@H](CCCNC(=N)N)C(=O)O. The van der Waals surface area contributed by atoms with Crippen molar-refractivity contribution in [3.63, 3.8) is 0 Å². The predicted octanol–water partition coefficient (Wildman–Crippen LogP) is 0.0478. The van der Waals surface area contributed by atoms with Crippen molar-refractivity contribution in [3.05, 3.63) is 36.0 Å². The maximum atomic E-state index is 12.7. The number of rotatable bonds is 10. The van der Waals surface area contributed by atoms with Crippen LogP contribution in [0.1, 0.15) is 25.3 Å². The third-order valence-electron chi connectivity index (χ3n) is 4.39. The van der Waals surface area contributed by atoms with Crippen LogP contribution in [0, 0.1) is 5.41 Å². The number of fused-ring (bicyclic) bond motifs is 1. The Kier molecular flexibility index (Phi) is 7.58. The van der Waals surface area contributed by atoms with E-state index in [0.29, 0.717) is 13.0 Å². The van der Waals surface area contributed by atoms with Gasteiger partial charge in [-0.3, -0.25) is 15.0 Å². The van der Waals surface area contributed by atoms with Gasteiger partial charge in [-0.25, -0.2) is 4.79 Å². The van der Waals surface area contributed by atoms with E-state index in [1.807, 2.05) is 24.3 Å². The molecule has 1 aromatic heterocycles. The molecule has 0 bridgehead atoms. The van der Waals surface area contributed by atoms with Gasteiger partial charge in [-0.05, 0) is 24.5 Å². The molecule has 2 aromatic rings. The van der Waals surface area contributed by atoms with Gasteiger partial charge in [-0.1, -0.05) is 18.2 Å². The molecular formula is C19H26N6O4. The number of guanidine groups is 1. The highest BCUT2D eigenvalue weighted by molar-refractivity contribution is 5.91. The molecule has 10 nitrogen and oxygen atoms in total. The lowest BCUT2D eigenvalue weighted by Gasteiger charge is -2.21. The molecule has 0 spiro atoms. The van der Waals surface area contributed by atoms with Crippen molar-refractivity contribution in [3.8, 4) is 0 Å². The fourth-order valence-corrected chi connectivity index (χ4v) is 3.03. The number of aromatic amines is 1. The molecule has 2 rings (SSSR count). The zero-order valence-corrected chi connectivity index (χ0v) is 16.1. The molecule has 1 aromatic carbocycles. The second kappa shape index (κ2) is 10.1. The van der Waals surface area contributed by atoms with Crippen LogP contribution >= 0.6 is 0 Å². The predicted molar refractivity (Wildman–Crippen MR) is 108 cm³/mol. The molecule has 0 aliphatic rings. The van der Waals surface area contributed by atoms with Crippen molar-refractivity contribution in [2.24, 2.45) is 5.73 Å². The topological polar surface area (TPSA) is 173 Å². The number of carboxylic acid groups (broad SMARTS) is 1. The number of amides is 2. The molecule has 2 amide bonds. The molecule has 0 radical (unpaired) electrons. The zero-order valence-electron chi connectivity index (χ0n) is 16.1. The van der Waals surface area contributed by atoms with E-state index in [0.717, 1.165) is 16.5 Å². The summed E-state index contributed by atoms with van der Waals surface area (Å²) in [6.45, 7) is 1.62. The Morgan fingerprint density at radius 2 is 1.93 bits per heavy atom. The monoisotopic (exact) mass is 402 g/mol. The smallest absolute Gasteiger partial charge is 0.326 e. The van der Waals surface area contributed by atoms with Crippen molar-refractivity contribution in [1.82, 2.24) is 20.9 Å². The van der Waals surface area contributed by atoms with Gasteiger partial charge in [0.2, 0.25) is 11.8 Å². The molecule has 0 unspecified atom stereocenters. The van der Waals surface area contributed by atoms with E-state index in [2.05, 4.69) is 20.9 Å². The number of nitrogens with two attached hydrogens (primary N) is 1. The number of H-pyrrole nitrogens is 1. The molecule has 0 fully saturated rings. The van der Waals surface area contributed by atoms with Crippen LogP contribution in [0.2, 0.25) is 0 Å². The number of aliphatic carboxylic acids is 1. The number of nitrogens with one attached hydrogen (secondary N) is 5. The molecule has 29 heavy (non-hydrogen) atoms. The third kappa shape index (κ3) is 6.52. The first-order chi connectivity index (χ1) is 13.8. The highest BCUT2D eigenvalue weighted by Crippen LogP contribution is 2.19. The Labute approximate surface area is 167 Å². The summed E-state index contributed by atoms with van der Waals surface area (Å²) in [5.74, 6) is -2.33. The van der Waals surface area contributed by atoms with Crippen LogP contribution in [0.3, 0.4) is 0 Å². The van der Waals surface area contributed by atoms with Crippen molar-refractivity contribution in [2.45, 2.75) is 38.3 Å². The van der Waals surface area contributed by atoms with E-state index in [-0.39, 0.29) is 24.7 Å². The zero-order chi connectivity index (χ0) is 21.4. The summed E-state index contributed by atoms with van der Waals surface area (Å²) in [7, 11) is 0. The highest BCUT2D eigenvalue weighted by Gasteiger charge is 2.26. The van der Waals surface area contributed by atoms with Gasteiger partial charge in [0.25, 0.3) is 0 Å². The fourth-order valence-electron chi connectivity index (χ4n) is 3.03. The number of para-hydroxylation sites is 1. The van der Waals surface area contributed by atoms with Crippen LogP contribution in [0.4, 0.5) is 0 Å². The van der Waals surface area contributed by atoms with Crippen molar-refractivity contribution in [2.75, 3.05) is 6.54 Å². The van der Waals surface area contributed by atoms with Crippen LogP contribution in [-0.4, -0.2) is 52.5 Å². The molecule has 0 aliphatic carbocycles. The van der Waals surface area contributed by atoms with E-state index in [1.54, 1.807) is 6.20 Å². The Balaban J connectivity index is 2.07. The summed E-state index contributed by atoms with van der Waals surface area (Å²) in [5.41, 5.74) is 6.93. The van der Waals surface area contributed by atoms with Gasteiger partial charge in [-0.2, -0.15) is 0 Å². The Morgan fingerprint density at radius 3 is 2.59 bits per heavy atom. The summed E-state index contributed by atoms with van der Waals surface area (Å²) in [6.07, 6.45) is 2.54. The Morgan fingerprint density at radius 1 is 1.21 bits per heavy atom. The highest BCUT2D eigenvalue weighted by atomic mass is 16.4. The standard InChI is InChI=1S/C19H26N6O4/c1-11(26)24-16(9-12-10-23-14-6-3-2-5-13(12)14)17(27)25-15(18(28)29)7-4-8-22-19(20)21/h2-3,5-6,10,15-16,23H,4,7-9H2,1H3,(H,24,26)(H,25,27)(H,28,29)(H4,20,21,22)/t15-,16-/m0/s1. The van der Waals surface area contributed by atoms with E-state index in [4.69, 9.17) is 11.1 Å². The summed E-state index contributed by atoms with van der Waals surface area (Å²) in [4.78, 5) is 38.9. The van der Waals surface area contributed by atoms with Gasteiger partial charge in [0.15, 0.2) is 5.96 Å². The maximum Gasteiger partial charge on any atom is 0.326 e. The third-order valence-corrected chi connectivity index (χ3v) is 4.39. The number of hydrogen-bond donors (Lipinski definition) is 7. The second-order valence-corrected chi connectivity index (χ2v) is 6.70. The minimum Gasteiger partial charge on any atom is -0.480 e.